The van der Waals surface area contributed by atoms with Gasteiger partial charge in [0.05, 0.1) is 0 Å². The van der Waals surface area contributed by atoms with Crippen LogP contribution >= 0.6 is 23.5 Å². The Morgan fingerprint density at radius 2 is 1.88 bits per heavy atom. The zero-order valence-electron chi connectivity index (χ0n) is 5.38. The molecule has 2 atom stereocenters. The van der Waals surface area contributed by atoms with E-state index in [2.05, 4.69) is 0 Å². The van der Waals surface area contributed by atoms with Gasteiger partial charge >= 0.3 is 0 Å². The van der Waals surface area contributed by atoms with E-state index in [1.165, 1.54) is 11.8 Å². The van der Waals surface area contributed by atoms with Crippen molar-refractivity contribution in [1.29, 1.82) is 0 Å². The Bertz CT molecular complexity index is 56.4. The lowest BCUT2D eigenvalue weighted by atomic mass is 10.9. The van der Waals surface area contributed by atoms with E-state index < -0.39 is 5.44 Å². The molecule has 0 aliphatic carbocycles. The van der Waals surface area contributed by atoms with Gasteiger partial charge in [0.25, 0.3) is 0 Å². The topological polar surface area (TPSA) is 19.9 Å². The molecular formula is C5H11OS2. The summed E-state index contributed by atoms with van der Waals surface area (Å²) in [6.45, 7) is 3.72. The van der Waals surface area contributed by atoms with E-state index >= 15 is 0 Å². The van der Waals surface area contributed by atoms with Gasteiger partial charge in [-0.25, -0.2) is 5.11 Å². The summed E-state index contributed by atoms with van der Waals surface area (Å²) in [5, 5.41) is 10.4. The van der Waals surface area contributed by atoms with E-state index in [1.54, 1.807) is 18.7 Å². The van der Waals surface area contributed by atoms with Gasteiger partial charge in [0.2, 0.25) is 0 Å². The first-order valence-corrected chi connectivity index (χ1v) is 4.74. The third kappa shape index (κ3) is 4.81. The Morgan fingerprint density at radius 1 is 1.38 bits per heavy atom. The first-order valence-electron chi connectivity index (χ1n) is 2.51. The molecule has 0 amide bonds. The zero-order valence-corrected chi connectivity index (χ0v) is 7.01. The van der Waals surface area contributed by atoms with Crippen LogP contribution in [0.3, 0.4) is 0 Å². The average Bonchev–Trinajstić information content (AvgIpc) is 1.65. The molecule has 0 aliphatic heterocycles. The first kappa shape index (κ1) is 8.66. The van der Waals surface area contributed by atoms with E-state index in [9.17, 15) is 5.11 Å². The molecule has 1 nitrogen and oxygen atoms in total. The summed E-state index contributed by atoms with van der Waals surface area (Å²) in [4.78, 5) is 0. The highest BCUT2D eigenvalue weighted by Gasteiger charge is 2.03. The minimum absolute atomic E-state index is 0.447. The summed E-state index contributed by atoms with van der Waals surface area (Å²) in [6, 6.07) is 0. The van der Waals surface area contributed by atoms with E-state index in [1.807, 2.05) is 13.2 Å². The number of hydrogen-bond donors (Lipinski definition) is 0. The quantitative estimate of drug-likeness (QED) is 0.576. The maximum absolute atomic E-state index is 10.4. The van der Waals surface area contributed by atoms with Gasteiger partial charge in [-0.3, -0.25) is 0 Å². The standard InChI is InChI=1S/C5H11OS2/c1-4(6)8-5(2)7-3/h4-5H,1-3H3. The predicted octanol–water partition coefficient (Wildman–Crippen LogP) is 2.21. The number of rotatable bonds is 3. The summed E-state index contributed by atoms with van der Waals surface area (Å²) in [5.74, 6) is 0. The molecule has 0 spiro atoms. The van der Waals surface area contributed by atoms with Crippen LogP contribution in [0.2, 0.25) is 0 Å². The summed E-state index contributed by atoms with van der Waals surface area (Å²) in [7, 11) is 0. The molecule has 0 N–H and O–H groups in total. The molecule has 8 heavy (non-hydrogen) atoms. The highest BCUT2D eigenvalue weighted by Crippen LogP contribution is 2.23. The van der Waals surface area contributed by atoms with Crippen LogP contribution in [0, 0.1) is 0 Å². The molecule has 0 aromatic rings. The van der Waals surface area contributed by atoms with Crippen molar-refractivity contribution in [3.63, 3.8) is 0 Å². The van der Waals surface area contributed by atoms with Crippen molar-refractivity contribution >= 4 is 23.5 Å². The maximum Gasteiger partial charge on any atom is 0.137 e. The highest BCUT2D eigenvalue weighted by molar-refractivity contribution is 8.16. The molecule has 0 aromatic carbocycles. The van der Waals surface area contributed by atoms with Crippen molar-refractivity contribution in [2.45, 2.75) is 23.9 Å². The van der Waals surface area contributed by atoms with Gasteiger partial charge in [-0.05, 0) is 20.1 Å². The van der Waals surface area contributed by atoms with Gasteiger partial charge in [-0.15, -0.1) is 11.8 Å². The highest BCUT2D eigenvalue weighted by atomic mass is 32.2. The van der Waals surface area contributed by atoms with E-state index in [-0.39, 0.29) is 0 Å². The Morgan fingerprint density at radius 3 is 2.00 bits per heavy atom. The van der Waals surface area contributed by atoms with Gasteiger partial charge in [-0.1, -0.05) is 0 Å². The Hall–Kier alpha value is 0.660. The Balaban J connectivity index is 3.10. The number of hydrogen-bond acceptors (Lipinski definition) is 2. The lowest BCUT2D eigenvalue weighted by Crippen LogP contribution is -1.96. The van der Waals surface area contributed by atoms with Crippen molar-refractivity contribution in [3.8, 4) is 0 Å². The van der Waals surface area contributed by atoms with Crippen LogP contribution < -0.4 is 0 Å². The van der Waals surface area contributed by atoms with E-state index in [4.69, 9.17) is 0 Å². The van der Waals surface area contributed by atoms with Gasteiger partial charge in [0.1, 0.15) is 5.44 Å². The molecule has 0 aliphatic rings. The smallest absolute Gasteiger partial charge is 0.137 e. The van der Waals surface area contributed by atoms with Crippen LogP contribution in [-0.4, -0.2) is 16.3 Å². The van der Waals surface area contributed by atoms with Gasteiger partial charge in [0, 0.05) is 4.58 Å². The second-order valence-corrected chi connectivity index (χ2v) is 4.63. The molecule has 0 heterocycles. The molecule has 0 fully saturated rings. The third-order valence-corrected chi connectivity index (χ3v) is 3.06. The minimum atomic E-state index is -0.475. The lowest BCUT2D eigenvalue weighted by Gasteiger charge is -2.06. The summed E-state index contributed by atoms with van der Waals surface area (Å²) >= 11 is 3.18. The number of thioether (sulfide) groups is 2. The second kappa shape index (κ2) is 4.53. The normalized spacial score (nSPS) is 18.0. The zero-order chi connectivity index (χ0) is 6.57. The molecule has 3 heteroatoms. The van der Waals surface area contributed by atoms with Gasteiger partial charge in [-0.2, -0.15) is 11.8 Å². The van der Waals surface area contributed by atoms with Crippen molar-refractivity contribution in [2.24, 2.45) is 0 Å². The second-order valence-electron chi connectivity index (χ2n) is 1.51. The molecule has 0 aromatic heterocycles. The molecule has 1 radical (unpaired) electrons. The van der Waals surface area contributed by atoms with E-state index in [0.29, 0.717) is 4.58 Å². The first-order chi connectivity index (χ1) is 3.66. The van der Waals surface area contributed by atoms with Crippen LogP contribution in [0.25, 0.3) is 0 Å². The molecule has 0 bridgehead atoms. The van der Waals surface area contributed by atoms with Crippen molar-refractivity contribution < 1.29 is 5.11 Å². The van der Waals surface area contributed by atoms with Crippen LogP contribution in [0.5, 0.6) is 0 Å². The summed E-state index contributed by atoms with van der Waals surface area (Å²) in [6.07, 6.45) is 2.01. The fraction of sp³-hybridized carbons (Fsp3) is 1.00. The van der Waals surface area contributed by atoms with Gasteiger partial charge < -0.3 is 0 Å². The van der Waals surface area contributed by atoms with E-state index in [0.717, 1.165) is 0 Å². The Kier molecular flexibility index (Phi) is 4.90. The molecule has 0 saturated heterocycles. The van der Waals surface area contributed by atoms with Crippen molar-refractivity contribution in [2.75, 3.05) is 6.26 Å². The molecule has 0 rings (SSSR count). The van der Waals surface area contributed by atoms with Crippen molar-refractivity contribution in [1.82, 2.24) is 0 Å². The molecule has 2 unspecified atom stereocenters. The third-order valence-electron chi connectivity index (χ3n) is 0.715. The predicted molar refractivity (Wildman–Crippen MR) is 40.7 cm³/mol. The molecule has 49 valence electrons. The fourth-order valence-electron chi connectivity index (χ4n) is 0.325. The SMILES string of the molecule is CSC(C)SC(C)[O]. The summed E-state index contributed by atoms with van der Waals surface area (Å²) in [5.41, 5.74) is -0.475. The van der Waals surface area contributed by atoms with Gasteiger partial charge in [0.15, 0.2) is 0 Å². The Labute approximate surface area is 59.2 Å². The minimum Gasteiger partial charge on any atom is -0.222 e. The van der Waals surface area contributed by atoms with Crippen molar-refractivity contribution in [3.05, 3.63) is 0 Å². The largest absolute Gasteiger partial charge is 0.222 e. The molecule has 0 saturated carbocycles. The lowest BCUT2D eigenvalue weighted by molar-refractivity contribution is 0.181. The van der Waals surface area contributed by atoms with Crippen LogP contribution in [0.15, 0.2) is 0 Å². The summed E-state index contributed by atoms with van der Waals surface area (Å²) < 4.78 is 0.447. The van der Waals surface area contributed by atoms with Crippen LogP contribution in [-0.2, 0) is 5.11 Å². The van der Waals surface area contributed by atoms with Crippen LogP contribution in [0.1, 0.15) is 13.8 Å². The maximum atomic E-state index is 10.4. The van der Waals surface area contributed by atoms with Crippen LogP contribution in [0.4, 0.5) is 0 Å². The molecular weight excluding hydrogens is 140 g/mol. The monoisotopic (exact) mass is 151 g/mol. The fourth-order valence-corrected chi connectivity index (χ4v) is 1.78. The average molecular weight is 151 g/mol.